The Morgan fingerprint density at radius 2 is 2.05 bits per heavy atom. The van der Waals surface area contributed by atoms with Crippen LogP contribution in [-0.2, 0) is 12.8 Å². The zero-order valence-electron chi connectivity index (χ0n) is 11.9. The summed E-state index contributed by atoms with van der Waals surface area (Å²) in [5, 5.41) is 9.90. The van der Waals surface area contributed by atoms with Crippen LogP contribution in [0.15, 0.2) is 24.3 Å². The molecule has 2 N–H and O–H groups in total. The highest BCUT2D eigenvalue weighted by Crippen LogP contribution is 2.23. The molecule has 0 saturated carbocycles. The number of H-pyrrole nitrogens is 1. The van der Waals surface area contributed by atoms with Crippen LogP contribution < -0.4 is 5.32 Å². The topological polar surface area (TPSA) is 57.8 Å². The molecule has 4 nitrogen and oxygen atoms in total. The van der Waals surface area contributed by atoms with Gasteiger partial charge in [-0.2, -0.15) is 5.10 Å². The number of fused-ring (bicyclic) bond motifs is 1. The van der Waals surface area contributed by atoms with Crippen molar-refractivity contribution < 1.29 is 4.79 Å². The zero-order valence-corrected chi connectivity index (χ0v) is 11.9. The highest BCUT2D eigenvalue weighted by molar-refractivity contribution is 6.04. The Labute approximate surface area is 118 Å². The summed E-state index contributed by atoms with van der Waals surface area (Å²) in [5.74, 6) is 0.855. The van der Waals surface area contributed by atoms with Gasteiger partial charge in [-0.05, 0) is 48.4 Å². The Hall–Kier alpha value is -2.10. The lowest BCUT2D eigenvalue weighted by Gasteiger charge is -2.04. The molecule has 104 valence electrons. The smallest absolute Gasteiger partial charge is 0.256 e. The third kappa shape index (κ3) is 2.46. The van der Waals surface area contributed by atoms with Crippen LogP contribution in [0.25, 0.3) is 0 Å². The number of anilines is 1. The van der Waals surface area contributed by atoms with E-state index in [0.717, 1.165) is 18.5 Å². The van der Waals surface area contributed by atoms with Crippen LogP contribution in [0.2, 0.25) is 0 Å². The Bertz CT molecular complexity index is 643. The summed E-state index contributed by atoms with van der Waals surface area (Å²) in [6.45, 7) is 4.17. The highest BCUT2D eigenvalue weighted by atomic mass is 16.1. The molecular formula is C16H19N3O. The molecule has 3 rings (SSSR count). The van der Waals surface area contributed by atoms with Crippen LogP contribution >= 0.6 is 0 Å². The van der Waals surface area contributed by atoms with E-state index >= 15 is 0 Å². The van der Waals surface area contributed by atoms with E-state index in [-0.39, 0.29) is 5.91 Å². The zero-order chi connectivity index (χ0) is 14.1. The SMILES string of the molecule is CC(C)c1cc(NC(=O)c2ccc3c(c2)CCC3)n[nH]1. The van der Waals surface area contributed by atoms with E-state index in [4.69, 9.17) is 0 Å². The van der Waals surface area contributed by atoms with Crippen LogP contribution in [0.1, 0.15) is 53.4 Å². The summed E-state index contributed by atoms with van der Waals surface area (Å²) >= 11 is 0. The van der Waals surface area contributed by atoms with E-state index in [1.165, 1.54) is 17.5 Å². The van der Waals surface area contributed by atoms with Crippen molar-refractivity contribution >= 4 is 11.7 Å². The van der Waals surface area contributed by atoms with E-state index in [1.54, 1.807) is 0 Å². The molecule has 0 unspecified atom stereocenters. The van der Waals surface area contributed by atoms with Gasteiger partial charge in [0.05, 0.1) is 0 Å². The standard InChI is InChI=1S/C16H19N3O/c1-10(2)14-9-15(19-18-14)17-16(20)13-7-6-11-4-3-5-12(11)8-13/h6-10H,3-5H2,1-2H3,(H2,17,18,19,20). The second-order valence-electron chi connectivity index (χ2n) is 5.65. The molecule has 2 aromatic rings. The maximum Gasteiger partial charge on any atom is 0.256 e. The fourth-order valence-corrected chi connectivity index (χ4v) is 2.60. The summed E-state index contributed by atoms with van der Waals surface area (Å²) in [6.07, 6.45) is 3.40. The lowest BCUT2D eigenvalue weighted by Crippen LogP contribution is -2.12. The average Bonchev–Trinajstić information content (AvgIpc) is 3.05. The van der Waals surface area contributed by atoms with Crippen molar-refractivity contribution in [2.75, 3.05) is 5.32 Å². The number of nitrogens with one attached hydrogen (secondary N) is 2. The molecule has 1 aromatic carbocycles. The van der Waals surface area contributed by atoms with Crippen molar-refractivity contribution in [1.29, 1.82) is 0 Å². The van der Waals surface area contributed by atoms with E-state index in [1.807, 2.05) is 18.2 Å². The first-order valence-electron chi connectivity index (χ1n) is 7.12. The van der Waals surface area contributed by atoms with E-state index in [0.29, 0.717) is 17.3 Å². The quantitative estimate of drug-likeness (QED) is 0.898. The largest absolute Gasteiger partial charge is 0.305 e. The van der Waals surface area contributed by atoms with Crippen LogP contribution in [0, 0.1) is 0 Å². The lowest BCUT2D eigenvalue weighted by atomic mass is 10.1. The van der Waals surface area contributed by atoms with Crippen molar-refractivity contribution in [2.45, 2.75) is 39.0 Å². The molecule has 0 saturated heterocycles. The summed E-state index contributed by atoms with van der Waals surface area (Å²) in [7, 11) is 0. The van der Waals surface area contributed by atoms with Crippen molar-refractivity contribution in [1.82, 2.24) is 10.2 Å². The third-order valence-corrected chi connectivity index (χ3v) is 3.82. The number of benzene rings is 1. The van der Waals surface area contributed by atoms with Gasteiger partial charge in [0, 0.05) is 17.3 Å². The van der Waals surface area contributed by atoms with Gasteiger partial charge in [-0.15, -0.1) is 0 Å². The second-order valence-corrected chi connectivity index (χ2v) is 5.65. The van der Waals surface area contributed by atoms with Crippen molar-refractivity contribution in [2.24, 2.45) is 0 Å². The molecule has 0 fully saturated rings. The maximum absolute atomic E-state index is 12.2. The molecular weight excluding hydrogens is 250 g/mol. The predicted molar refractivity (Wildman–Crippen MR) is 79.1 cm³/mol. The van der Waals surface area contributed by atoms with E-state index < -0.39 is 0 Å². The molecule has 0 aliphatic heterocycles. The Morgan fingerprint density at radius 3 is 2.80 bits per heavy atom. The van der Waals surface area contributed by atoms with Crippen LogP contribution in [0.3, 0.4) is 0 Å². The van der Waals surface area contributed by atoms with Gasteiger partial charge in [0.2, 0.25) is 0 Å². The number of aromatic amines is 1. The van der Waals surface area contributed by atoms with Gasteiger partial charge in [-0.25, -0.2) is 0 Å². The number of rotatable bonds is 3. The number of carbonyl (C=O) groups excluding carboxylic acids is 1. The fourth-order valence-electron chi connectivity index (χ4n) is 2.60. The number of amides is 1. The van der Waals surface area contributed by atoms with Crippen molar-refractivity contribution in [3.8, 4) is 0 Å². The van der Waals surface area contributed by atoms with Gasteiger partial charge < -0.3 is 5.32 Å². The monoisotopic (exact) mass is 269 g/mol. The molecule has 0 radical (unpaired) electrons. The van der Waals surface area contributed by atoms with Gasteiger partial charge in [0.15, 0.2) is 5.82 Å². The maximum atomic E-state index is 12.2. The first-order valence-corrected chi connectivity index (χ1v) is 7.12. The summed E-state index contributed by atoms with van der Waals surface area (Å²) in [5.41, 5.74) is 4.42. The minimum atomic E-state index is -0.0958. The second kappa shape index (κ2) is 5.12. The highest BCUT2D eigenvalue weighted by Gasteiger charge is 2.15. The Balaban J connectivity index is 1.75. The predicted octanol–water partition coefficient (Wildman–Crippen LogP) is 3.27. The van der Waals surface area contributed by atoms with Gasteiger partial charge in [-0.3, -0.25) is 9.89 Å². The number of carbonyl (C=O) groups is 1. The molecule has 0 atom stereocenters. The van der Waals surface area contributed by atoms with Gasteiger partial charge in [-0.1, -0.05) is 19.9 Å². The minimum Gasteiger partial charge on any atom is -0.305 e. The third-order valence-electron chi connectivity index (χ3n) is 3.82. The van der Waals surface area contributed by atoms with E-state index in [2.05, 4.69) is 35.4 Å². The number of aromatic nitrogens is 2. The van der Waals surface area contributed by atoms with Gasteiger partial charge in [0.25, 0.3) is 5.91 Å². The minimum absolute atomic E-state index is 0.0958. The van der Waals surface area contributed by atoms with Crippen molar-refractivity contribution in [3.05, 3.63) is 46.6 Å². The molecule has 0 spiro atoms. The van der Waals surface area contributed by atoms with Gasteiger partial charge in [0.1, 0.15) is 0 Å². The number of aryl methyl sites for hydroxylation is 2. The average molecular weight is 269 g/mol. The van der Waals surface area contributed by atoms with Gasteiger partial charge >= 0.3 is 0 Å². The molecule has 1 aliphatic carbocycles. The first-order chi connectivity index (χ1) is 9.63. The number of hydrogen-bond acceptors (Lipinski definition) is 2. The van der Waals surface area contributed by atoms with Crippen LogP contribution in [-0.4, -0.2) is 16.1 Å². The van der Waals surface area contributed by atoms with E-state index in [9.17, 15) is 4.79 Å². The Morgan fingerprint density at radius 1 is 1.25 bits per heavy atom. The molecule has 1 amide bonds. The van der Waals surface area contributed by atoms with Crippen LogP contribution in [0.4, 0.5) is 5.82 Å². The summed E-state index contributed by atoms with van der Waals surface area (Å²) in [6, 6.07) is 7.86. The lowest BCUT2D eigenvalue weighted by molar-refractivity contribution is 0.102. The Kier molecular flexibility index (Phi) is 3.30. The molecule has 20 heavy (non-hydrogen) atoms. The number of nitrogens with zero attached hydrogens (tertiary/aromatic N) is 1. The molecule has 1 heterocycles. The first kappa shape index (κ1) is 12.9. The summed E-state index contributed by atoms with van der Waals surface area (Å²) in [4.78, 5) is 12.2. The molecule has 4 heteroatoms. The summed E-state index contributed by atoms with van der Waals surface area (Å²) < 4.78 is 0. The number of hydrogen-bond donors (Lipinski definition) is 2. The fraction of sp³-hybridized carbons (Fsp3) is 0.375. The van der Waals surface area contributed by atoms with Crippen LogP contribution in [0.5, 0.6) is 0 Å². The molecule has 1 aliphatic rings. The van der Waals surface area contributed by atoms with Crippen molar-refractivity contribution in [3.63, 3.8) is 0 Å². The molecule has 0 bridgehead atoms. The normalized spacial score (nSPS) is 13.6. The molecule has 1 aromatic heterocycles.